The number of aromatic nitrogens is 2. The van der Waals surface area contributed by atoms with Crippen molar-refractivity contribution in [3.8, 4) is 23.2 Å². The number of likely N-dealkylation sites (N-methyl/N-ethyl adjacent to an activating group) is 1. The molecule has 55 heavy (non-hydrogen) atoms. The van der Waals surface area contributed by atoms with Crippen LogP contribution < -0.4 is 27.4 Å². The number of amides is 1. The molecular weight excluding hydrogens is 751 g/mol. The monoisotopic (exact) mass is 792 g/mol. The molecule has 12 nitrogen and oxygen atoms in total. The van der Waals surface area contributed by atoms with Crippen LogP contribution in [-0.2, 0) is 11.0 Å². The first-order valence-corrected chi connectivity index (χ1v) is 18.3. The minimum Gasteiger partial charge on any atom is -0.467 e. The first-order chi connectivity index (χ1) is 26.1. The van der Waals surface area contributed by atoms with Gasteiger partial charge in [-0.15, -0.1) is 11.3 Å². The Kier molecular flexibility index (Phi) is 12.8. The molecule has 19 heteroatoms. The third kappa shape index (κ3) is 8.61. The molecule has 3 aliphatic heterocycles. The number of anilines is 2. The fourth-order valence-corrected chi connectivity index (χ4v) is 7.99. The Balaban J connectivity index is 0.000000213. The maximum Gasteiger partial charge on any atom is 0.417 e. The predicted octanol–water partition coefficient (Wildman–Crippen LogP) is 6.11. The number of rotatable bonds is 6. The number of nitrogens with zero attached hydrogens (tertiary/aromatic N) is 6. The molecule has 2 aromatic heterocycles. The van der Waals surface area contributed by atoms with Crippen LogP contribution in [0.25, 0.3) is 32.1 Å². The van der Waals surface area contributed by atoms with Gasteiger partial charge < -0.3 is 31.4 Å². The summed E-state index contributed by atoms with van der Waals surface area (Å²) in [5.41, 5.74) is 8.25. The maximum atomic E-state index is 15.9. The number of halogens is 6. The summed E-state index contributed by atoms with van der Waals surface area (Å²) in [6.07, 6.45) is 1.20. The highest BCUT2D eigenvalue weighted by Gasteiger charge is 2.38. The average molecular weight is 793 g/mol. The van der Waals surface area contributed by atoms with E-state index >= 15 is 4.39 Å². The molecule has 296 valence electrons. The van der Waals surface area contributed by atoms with Crippen LogP contribution in [0.2, 0.25) is 0 Å². The highest BCUT2D eigenvalue weighted by atomic mass is 32.1. The number of hydrogen-bond donors (Lipinski definition) is 4. The molecule has 0 saturated carbocycles. The number of thiophene rings is 1. The van der Waals surface area contributed by atoms with E-state index in [1.807, 2.05) is 0 Å². The van der Waals surface area contributed by atoms with E-state index in [0.29, 0.717) is 29.6 Å². The standard InChI is InChI=1S/C21H14F5N5OS.C8H16N4O.C7H12FN/c1-3-29-19-9-6-11(21(24,25)26)14(15(23)16(9)30-20(31-19)32-2)8-4-5-12(22)17-13(8)10(7-27)18(28)33-17;1-11(10)7(6-9)8(13)12-4-2-3-5-12;8-6-4-7-2-1-3-9(7)5-6/h4-6H,3,28H2,1-2H3,(H,29,30,31);6H,2-5,9-10H2,1H3;6-7H,1-5H2/b;7-6-;. The fourth-order valence-electron chi connectivity index (χ4n) is 7.04. The summed E-state index contributed by atoms with van der Waals surface area (Å²) in [6, 6.07) is 4.75. The lowest BCUT2D eigenvalue weighted by Gasteiger charge is -2.21. The fraction of sp³-hybridized carbons (Fsp3) is 0.444. The molecule has 7 N–H and O–H groups in total. The second kappa shape index (κ2) is 17.2. The van der Waals surface area contributed by atoms with Crippen molar-refractivity contribution in [3.63, 3.8) is 0 Å². The number of nitriles is 1. The van der Waals surface area contributed by atoms with Crippen molar-refractivity contribution in [1.29, 1.82) is 5.26 Å². The van der Waals surface area contributed by atoms with Crippen molar-refractivity contribution < 1.29 is 35.9 Å². The highest BCUT2D eigenvalue weighted by Crippen LogP contribution is 2.47. The molecule has 0 radical (unpaired) electrons. The molecule has 3 aliphatic rings. The van der Waals surface area contributed by atoms with Crippen molar-refractivity contribution in [3.05, 3.63) is 52.9 Å². The summed E-state index contributed by atoms with van der Waals surface area (Å²) < 4.78 is 90.2. The number of hydrazine groups is 1. The number of benzene rings is 2. The van der Waals surface area contributed by atoms with Gasteiger partial charge in [-0.3, -0.25) is 9.69 Å². The van der Waals surface area contributed by atoms with E-state index in [9.17, 15) is 32.0 Å². The number of nitrogens with two attached hydrogens (primary N) is 3. The molecule has 5 heterocycles. The number of hydrogen-bond acceptors (Lipinski definition) is 12. The minimum absolute atomic E-state index is 0.0444. The molecule has 2 atom stereocenters. The average Bonchev–Trinajstić information content (AvgIpc) is 3.95. The predicted molar refractivity (Wildman–Crippen MR) is 199 cm³/mol. The van der Waals surface area contributed by atoms with Crippen LogP contribution >= 0.6 is 11.3 Å². The Labute approximate surface area is 317 Å². The zero-order chi connectivity index (χ0) is 40.2. The SMILES string of the molecule is CCNc1nc(OC)nc2c(F)c(-c3ccc(F)c4sc(N)c(C#N)c34)c(C(F)(F)F)cc12.CN(N)/C(=C\N)C(=O)N1CCCC1.FC1CC2CCCN2C1. The molecule has 1 amide bonds. The zero-order valence-electron chi connectivity index (χ0n) is 30.4. The van der Waals surface area contributed by atoms with Gasteiger partial charge in [0.05, 0.1) is 22.9 Å². The molecule has 2 unspecified atom stereocenters. The summed E-state index contributed by atoms with van der Waals surface area (Å²) in [5, 5.41) is 13.0. The Bertz CT molecular complexity index is 2100. The lowest BCUT2D eigenvalue weighted by Crippen LogP contribution is -2.38. The van der Waals surface area contributed by atoms with Crippen LogP contribution in [0.15, 0.2) is 30.1 Å². The first-order valence-electron chi connectivity index (χ1n) is 17.5. The molecule has 0 aliphatic carbocycles. The number of carbonyl (C=O) groups is 1. The van der Waals surface area contributed by atoms with E-state index in [0.717, 1.165) is 57.1 Å². The lowest BCUT2D eigenvalue weighted by atomic mass is 9.92. The topological polar surface area (TPSA) is 176 Å². The summed E-state index contributed by atoms with van der Waals surface area (Å²) in [6.45, 7) is 5.46. The highest BCUT2D eigenvalue weighted by molar-refractivity contribution is 7.23. The van der Waals surface area contributed by atoms with Crippen molar-refractivity contribution in [2.75, 3.05) is 57.9 Å². The normalized spacial score (nSPS) is 18.3. The van der Waals surface area contributed by atoms with E-state index in [4.69, 9.17) is 22.0 Å². The third-order valence-electron chi connectivity index (χ3n) is 9.55. The molecule has 4 aromatic rings. The molecular formula is C36H42F6N10O2S. The zero-order valence-corrected chi connectivity index (χ0v) is 31.3. The van der Waals surface area contributed by atoms with E-state index in [1.165, 1.54) is 31.2 Å². The summed E-state index contributed by atoms with van der Waals surface area (Å²) in [5.74, 6) is 3.22. The first kappa shape index (κ1) is 41.1. The van der Waals surface area contributed by atoms with Gasteiger partial charge in [-0.2, -0.15) is 28.4 Å². The number of nitrogens with one attached hydrogen (secondary N) is 1. The molecule has 7 rings (SSSR count). The van der Waals surface area contributed by atoms with Crippen LogP contribution in [0.5, 0.6) is 6.01 Å². The van der Waals surface area contributed by atoms with E-state index in [-0.39, 0.29) is 55.9 Å². The van der Waals surface area contributed by atoms with Crippen LogP contribution in [0.3, 0.4) is 0 Å². The van der Waals surface area contributed by atoms with Gasteiger partial charge >= 0.3 is 12.2 Å². The van der Waals surface area contributed by atoms with E-state index < -0.39 is 40.6 Å². The molecule has 3 saturated heterocycles. The Hall–Kier alpha value is -5.06. The second-order valence-electron chi connectivity index (χ2n) is 13.1. The van der Waals surface area contributed by atoms with E-state index in [2.05, 4.69) is 20.2 Å². The molecule has 3 fully saturated rings. The van der Waals surface area contributed by atoms with Crippen LogP contribution in [-0.4, -0.2) is 89.8 Å². The van der Waals surface area contributed by atoms with Gasteiger partial charge in [0.2, 0.25) is 0 Å². The number of ether oxygens (including phenoxy) is 1. The van der Waals surface area contributed by atoms with Crippen molar-refractivity contribution in [1.82, 2.24) is 24.8 Å². The van der Waals surface area contributed by atoms with Gasteiger partial charge in [0.15, 0.2) is 5.82 Å². The Morgan fingerprint density at radius 1 is 1.20 bits per heavy atom. The quantitative estimate of drug-likeness (QED) is 0.0768. The van der Waals surface area contributed by atoms with Gasteiger partial charge in [0, 0.05) is 61.8 Å². The van der Waals surface area contributed by atoms with Gasteiger partial charge in [-0.05, 0) is 63.3 Å². The van der Waals surface area contributed by atoms with Crippen molar-refractivity contribution >= 4 is 49.1 Å². The van der Waals surface area contributed by atoms with Gasteiger partial charge in [-0.1, -0.05) is 6.07 Å². The Morgan fingerprint density at radius 3 is 2.49 bits per heavy atom. The van der Waals surface area contributed by atoms with Crippen LogP contribution in [0.1, 0.15) is 50.2 Å². The van der Waals surface area contributed by atoms with E-state index in [1.54, 1.807) is 24.9 Å². The summed E-state index contributed by atoms with van der Waals surface area (Å²) in [4.78, 5) is 23.6. The number of alkyl halides is 4. The van der Waals surface area contributed by atoms with Crippen molar-refractivity contribution in [2.45, 2.75) is 57.4 Å². The molecule has 0 bridgehead atoms. The second-order valence-corrected chi connectivity index (χ2v) is 14.2. The number of fused-ring (bicyclic) bond motifs is 3. The summed E-state index contributed by atoms with van der Waals surface area (Å²) >= 11 is 0.698. The molecule has 2 aromatic carbocycles. The largest absolute Gasteiger partial charge is 0.467 e. The van der Waals surface area contributed by atoms with Gasteiger partial charge in [0.25, 0.3) is 5.91 Å². The lowest BCUT2D eigenvalue weighted by molar-refractivity contribution is -0.137. The summed E-state index contributed by atoms with van der Waals surface area (Å²) in [7, 11) is 2.84. The van der Waals surface area contributed by atoms with Gasteiger partial charge in [0.1, 0.15) is 40.1 Å². The van der Waals surface area contributed by atoms with Crippen LogP contribution in [0.4, 0.5) is 37.2 Å². The Morgan fingerprint density at radius 2 is 1.91 bits per heavy atom. The maximum absolute atomic E-state index is 15.9. The third-order valence-corrected chi connectivity index (χ3v) is 10.6. The smallest absolute Gasteiger partial charge is 0.417 e. The van der Waals surface area contributed by atoms with Crippen LogP contribution in [0, 0.1) is 23.0 Å². The minimum atomic E-state index is -5.00. The number of likely N-dealkylation sites (tertiary alicyclic amines) is 1. The number of carbonyl (C=O) groups excluding carboxylic acids is 1. The molecule has 0 spiro atoms. The number of methoxy groups -OCH3 is 1. The van der Waals surface area contributed by atoms with Gasteiger partial charge in [-0.25, -0.2) is 19.0 Å². The van der Waals surface area contributed by atoms with Crippen molar-refractivity contribution in [2.24, 2.45) is 11.6 Å². The number of nitrogen functional groups attached to an aromatic ring is 1.